The third-order valence-electron chi connectivity index (χ3n) is 3.64. The van der Waals surface area contributed by atoms with Crippen molar-refractivity contribution in [1.82, 2.24) is 5.32 Å². The molecule has 0 aliphatic carbocycles. The van der Waals surface area contributed by atoms with Gasteiger partial charge in [-0.2, -0.15) is 0 Å². The molecule has 0 aromatic heterocycles. The molecule has 1 N–H and O–H groups in total. The molecule has 2 nitrogen and oxygen atoms in total. The summed E-state index contributed by atoms with van der Waals surface area (Å²) in [7, 11) is 1.71. The molecule has 1 aliphatic rings. The molecular weight excluding hydrogens is 198 g/mol. The van der Waals surface area contributed by atoms with Gasteiger partial charge in [0, 0.05) is 0 Å². The number of piperidine rings is 1. The van der Waals surface area contributed by atoms with Gasteiger partial charge in [0.1, 0.15) is 5.75 Å². The van der Waals surface area contributed by atoms with E-state index in [1.54, 1.807) is 7.11 Å². The predicted octanol–water partition coefficient (Wildman–Crippen LogP) is 2.48. The van der Waals surface area contributed by atoms with Gasteiger partial charge in [0.05, 0.1) is 7.11 Å². The average Bonchev–Trinajstić information content (AvgIpc) is 2.33. The highest BCUT2D eigenvalue weighted by Gasteiger charge is 2.20. The molecule has 1 aliphatic heterocycles. The zero-order valence-corrected chi connectivity index (χ0v) is 10.2. The summed E-state index contributed by atoms with van der Waals surface area (Å²) in [6.45, 7) is 4.71. The molecule has 0 amide bonds. The number of rotatable bonds is 3. The maximum absolute atomic E-state index is 5.17. The van der Waals surface area contributed by atoms with Gasteiger partial charge in [0.2, 0.25) is 0 Å². The van der Waals surface area contributed by atoms with E-state index in [1.807, 2.05) is 0 Å². The lowest BCUT2D eigenvalue weighted by Gasteiger charge is -2.29. The Kier molecular flexibility index (Phi) is 3.83. The lowest BCUT2D eigenvalue weighted by Crippen LogP contribution is -2.36. The Morgan fingerprint density at radius 3 is 2.69 bits per heavy atom. The average molecular weight is 219 g/mol. The second-order valence-corrected chi connectivity index (χ2v) is 4.78. The van der Waals surface area contributed by atoms with Crippen LogP contribution in [0.3, 0.4) is 0 Å². The number of methoxy groups -OCH3 is 1. The lowest BCUT2D eigenvalue weighted by atomic mass is 9.83. The van der Waals surface area contributed by atoms with Crippen LogP contribution in [0.15, 0.2) is 24.3 Å². The maximum atomic E-state index is 5.17. The second-order valence-electron chi connectivity index (χ2n) is 4.78. The van der Waals surface area contributed by atoms with E-state index in [0.717, 1.165) is 24.1 Å². The Morgan fingerprint density at radius 2 is 2.06 bits per heavy atom. The second kappa shape index (κ2) is 5.35. The topological polar surface area (TPSA) is 21.3 Å². The smallest absolute Gasteiger partial charge is 0.118 e. The molecule has 1 heterocycles. The molecule has 0 bridgehead atoms. The zero-order chi connectivity index (χ0) is 11.4. The van der Waals surface area contributed by atoms with Crippen LogP contribution in [0.2, 0.25) is 0 Å². The third-order valence-corrected chi connectivity index (χ3v) is 3.64. The summed E-state index contributed by atoms with van der Waals surface area (Å²) >= 11 is 0. The molecule has 1 saturated heterocycles. The summed E-state index contributed by atoms with van der Waals surface area (Å²) < 4.78 is 5.17. The van der Waals surface area contributed by atoms with Crippen molar-refractivity contribution in [1.29, 1.82) is 0 Å². The Balaban J connectivity index is 1.96. The van der Waals surface area contributed by atoms with Gasteiger partial charge in [0.15, 0.2) is 0 Å². The summed E-state index contributed by atoms with van der Waals surface area (Å²) in [5.74, 6) is 2.56. The highest BCUT2D eigenvalue weighted by molar-refractivity contribution is 5.27. The standard InChI is InChI=1S/C14H21NO/c1-11-7-8-15-10-13(11)9-12-3-5-14(16-2)6-4-12/h3-6,11,13,15H,7-10H2,1-2H3. The van der Waals surface area contributed by atoms with Crippen molar-refractivity contribution in [2.24, 2.45) is 11.8 Å². The van der Waals surface area contributed by atoms with E-state index in [9.17, 15) is 0 Å². The normalized spacial score (nSPS) is 25.4. The first-order chi connectivity index (χ1) is 7.79. The van der Waals surface area contributed by atoms with Crippen LogP contribution in [-0.2, 0) is 6.42 Å². The van der Waals surface area contributed by atoms with E-state index >= 15 is 0 Å². The van der Waals surface area contributed by atoms with E-state index in [2.05, 4.69) is 36.5 Å². The Morgan fingerprint density at radius 1 is 1.31 bits per heavy atom. The largest absolute Gasteiger partial charge is 0.497 e. The van der Waals surface area contributed by atoms with Crippen molar-refractivity contribution < 1.29 is 4.74 Å². The summed E-state index contributed by atoms with van der Waals surface area (Å²) in [6, 6.07) is 8.47. The monoisotopic (exact) mass is 219 g/mol. The quantitative estimate of drug-likeness (QED) is 0.843. The molecule has 2 atom stereocenters. The third kappa shape index (κ3) is 2.76. The Labute approximate surface area is 98.0 Å². The highest BCUT2D eigenvalue weighted by atomic mass is 16.5. The Hall–Kier alpha value is -1.02. The summed E-state index contributed by atoms with van der Waals surface area (Å²) in [6.07, 6.45) is 2.49. The van der Waals surface area contributed by atoms with Crippen LogP contribution >= 0.6 is 0 Å². The summed E-state index contributed by atoms with van der Waals surface area (Å²) in [4.78, 5) is 0. The molecule has 1 fully saturated rings. The van der Waals surface area contributed by atoms with Gasteiger partial charge < -0.3 is 10.1 Å². The molecule has 16 heavy (non-hydrogen) atoms. The lowest BCUT2D eigenvalue weighted by molar-refractivity contribution is 0.272. The fourth-order valence-electron chi connectivity index (χ4n) is 2.39. The van der Waals surface area contributed by atoms with Crippen molar-refractivity contribution in [3.63, 3.8) is 0 Å². The van der Waals surface area contributed by atoms with Crippen LogP contribution in [0, 0.1) is 11.8 Å². The van der Waals surface area contributed by atoms with Gasteiger partial charge in [-0.25, -0.2) is 0 Å². The van der Waals surface area contributed by atoms with E-state index < -0.39 is 0 Å². The minimum absolute atomic E-state index is 0.780. The molecule has 1 aromatic rings. The van der Waals surface area contributed by atoms with Crippen molar-refractivity contribution in [3.8, 4) is 5.75 Å². The number of nitrogens with one attached hydrogen (secondary N) is 1. The van der Waals surface area contributed by atoms with E-state index in [-0.39, 0.29) is 0 Å². The van der Waals surface area contributed by atoms with Crippen molar-refractivity contribution in [3.05, 3.63) is 29.8 Å². The van der Waals surface area contributed by atoms with Gasteiger partial charge in [-0.15, -0.1) is 0 Å². The first-order valence-corrected chi connectivity index (χ1v) is 6.13. The molecule has 1 aromatic carbocycles. The van der Waals surface area contributed by atoms with Gasteiger partial charge >= 0.3 is 0 Å². The fourth-order valence-corrected chi connectivity index (χ4v) is 2.39. The first-order valence-electron chi connectivity index (χ1n) is 6.13. The Bertz CT molecular complexity index is 320. The van der Waals surface area contributed by atoms with E-state index in [4.69, 9.17) is 4.74 Å². The number of hydrogen-bond acceptors (Lipinski definition) is 2. The van der Waals surface area contributed by atoms with E-state index in [0.29, 0.717) is 0 Å². The first kappa shape index (κ1) is 11.5. The number of ether oxygens (including phenoxy) is 1. The van der Waals surface area contributed by atoms with Gasteiger partial charge in [-0.3, -0.25) is 0 Å². The predicted molar refractivity (Wildman–Crippen MR) is 66.8 cm³/mol. The molecule has 2 heteroatoms. The van der Waals surface area contributed by atoms with Gasteiger partial charge in [-0.1, -0.05) is 19.1 Å². The highest BCUT2D eigenvalue weighted by Crippen LogP contribution is 2.23. The molecular formula is C14H21NO. The molecule has 0 spiro atoms. The SMILES string of the molecule is COc1ccc(CC2CNCCC2C)cc1. The van der Waals surface area contributed by atoms with Crippen molar-refractivity contribution in [2.75, 3.05) is 20.2 Å². The van der Waals surface area contributed by atoms with Crippen LogP contribution in [0.4, 0.5) is 0 Å². The summed E-state index contributed by atoms with van der Waals surface area (Å²) in [5, 5.41) is 3.48. The van der Waals surface area contributed by atoms with Crippen LogP contribution < -0.4 is 10.1 Å². The van der Waals surface area contributed by atoms with Crippen LogP contribution in [0.5, 0.6) is 5.75 Å². The van der Waals surface area contributed by atoms with Gasteiger partial charge in [-0.05, 0) is 55.5 Å². The van der Waals surface area contributed by atoms with Crippen LogP contribution in [-0.4, -0.2) is 20.2 Å². The number of hydrogen-bond donors (Lipinski definition) is 1. The molecule has 2 unspecified atom stereocenters. The molecule has 0 radical (unpaired) electrons. The van der Waals surface area contributed by atoms with Crippen molar-refractivity contribution in [2.45, 2.75) is 19.8 Å². The minimum atomic E-state index is 0.780. The fraction of sp³-hybridized carbons (Fsp3) is 0.571. The summed E-state index contributed by atoms with van der Waals surface area (Å²) in [5.41, 5.74) is 1.42. The molecule has 88 valence electrons. The van der Waals surface area contributed by atoms with Gasteiger partial charge in [0.25, 0.3) is 0 Å². The van der Waals surface area contributed by atoms with Crippen LogP contribution in [0.1, 0.15) is 18.9 Å². The zero-order valence-electron chi connectivity index (χ0n) is 10.2. The minimum Gasteiger partial charge on any atom is -0.497 e. The van der Waals surface area contributed by atoms with Crippen molar-refractivity contribution >= 4 is 0 Å². The van der Waals surface area contributed by atoms with Crippen LogP contribution in [0.25, 0.3) is 0 Å². The van der Waals surface area contributed by atoms with E-state index in [1.165, 1.54) is 24.9 Å². The molecule has 0 saturated carbocycles. The number of benzene rings is 1. The maximum Gasteiger partial charge on any atom is 0.118 e. The molecule has 2 rings (SSSR count).